The van der Waals surface area contributed by atoms with Crippen molar-refractivity contribution in [3.05, 3.63) is 18.1 Å². The van der Waals surface area contributed by atoms with E-state index in [0.717, 1.165) is 6.39 Å². The fourth-order valence-electron chi connectivity index (χ4n) is 0.291. The molecule has 0 amide bonds. The average molecular weight is 101 g/mol. The lowest BCUT2D eigenvalue weighted by Gasteiger charge is -1.72. The fourth-order valence-corrected chi connectivity index (χ4v) is 0.291. The van der Waals surface area contributed by atoms with Gasteiger partial charge in [-0.2, -0.15) is 9.37 Å². The monoisotopic (exact) mass is 101 g/mol. The van der Waals surface area contributed by atoms with Gasteiger partial charge < -0.3 is 4.42 Å². The minimum absolute atomic E-state index is 0.236. The summed E-state index contributed by atoms with van der Waals surface area (Å²) in [6.07, 6.45) is 1.07. The summed E-state index contributed by atoms with van der Waals surface area (Å²) in [5, 5.41) is 0. The highest BCUT2D eigenvalue weighted by Gasteiger charge is 1.96. The Morgan fingerprint density at radius 3 is 2.71 bits per heavy atom. The van der Waals surface area contributed by atoms with Gasteiger partial charge in [0.25, 0.3) is 5.95 Å². The second kappa shape index (κ2) is 1.33. The molecule has 0 N–H and O–H groups in total. The molecule has 0 aliphatic heterocycles. The molecule has 1 aromatic rings. The Bertz CT molecular complexity index is 144. The Morgan fingerprint density at radius 2 is 2.57 bits per heavy atom. The number of hydrogen-bond acceptors (Lipinski definition) is 2. The zero-order valence-electron chi connectivity index (χ0n) is 3.81. The minimum atomic E-state index is -0.528. The van der Waals surface area contributed by atoms with Crippen LogP contribution >= 0.6 is 0 Å². The molecular weight excluding hydrogens is 97.0 g/mol. The Kier molecular flexibility index (Phi) is 0.817. The molecule has 0 atom stereocenters. The highest BCUT2D eigenvalue weighted by atomic mass is 19.1. The molecule has 0 radical (unpaired) electrons. The van der Waals surface area contributed by atoms with Crippen molar-refractivity contribution >= 4 is 0 Å². The van der Waals surface area contributed by atoms with Crippen LogP contribution in [-0.2, 0) is 0 Å². The lowest BCUT2D eigenvalue weighted by atomic mass is 10.6. The van der Waals surface area contributed by atoms with E-state index in [0.29, 0.717) is 0 Å². The van der Waals surface area contributed by atoms with Crippen LogP contribution in [0.1, 0.15) is 5.76 Å². The van der Waals surface area contributed by atoms with E-state index in [2.05, 4.69) is 9.40 Å². The van der Waals surface area contributed by atoms with Crippen molar-refractivity contribution in [2.24, 2.45) is 0 Å². The van der Waals surface area contributed by atoms with E-state index in [4.69, 9.17) is 0 Å². The van der Waals surface area contributed by atoms with E-state index >= 15 is 0 Å². The lowest BCUT2D eigenvalue weighted by Crippen LogP contribution is -1.70. The molecule has 0 aromatic carbocycles. The molecule has 1 heterocycles. The Balaban J connectivity index is 3.12. The van der Waals surface area contributed by atoms with Gasteiger partial charge in [-0.25, -0.2) is 0 Å². The molecule has 0 saturated carbocycles. The third kappa shape index (κ3) is 0.607. The van der Waals surface area contributed by atoms with E-state index < -0.39 is 5.95 Å². The molecular formula is C4H4FNO. The van der Waals surface area contributed by atoms with Crippen LogP contribution in [0.5, 0.6) is 0 Å². The molecule has 0 fully saturated rings. The second-order valence-corrected chi connectivity index (χ2v) is 1.20. The molecule has 0 saturated heterocycles. The van der Waals surface area contributed by atoms with Crippen molar-refractivity contribution in [3.63, 3.8) is 0 Å². The molecule has 0 unspecified atom stereocenters. The van der Waals surface area contributed by atoms with Gasteiger partial charge in [0.2, 0.25) is 0 Å². The molecule has 38 valence electrons. The predicted octanol–water partition coefficient (Wildman–Crippen LogP) is 1.12. The number of nitrogens with zero attached hydrogens (tertiary/aromatic N) is 1. The van der Waals surface area contributed by atoms with Crippen molar-refractivity contribution < 1.29 is 8.81 Å². The van der Waals surface area contributed by atoms with Crippen molar-refractivity contribution in [2.45, 2.75) is 6.92 Å². The highest BCUT2D eigenvalue weighted by Crippen LogP contribution is 1.98. The van der Waals surface area contributed by atoms with Crippen LogP contribution in [0.25, 0.3) is 0 Å². The first kappa shape index (κ1) is 4.30. The van der Waals surface area contributed by atoms with Gasteiger partial charge >= 0.3 is 0 Å². The highest BCUT2D eigenvalue weighted by molar-refractivity contribution is 4.86. The Morgan fingerprint density at radius 1 is 1.86 bits per heavy atom. The van der Waals surface area contributed by atoms with Crippen LogP contribution in [0, 0.1) is 12.9 Å². The average Bonchev–Trinajstić information content (AvgIpc) is 1.91. The number of hydrogen-bond donors (Lipinski definition) is 0. The van der Waals surface area contributed by atoms with Crippen molar-refractivity contribution in [2.75, 3.05) is 0 Å². The van der Waals surface area contributed by atoms with E-state index in [-0.39, 0.29) is 5.76 Å². The fraction of sp³-hybridized carbons (Fsp3) is 0.250. The van der Waals surface area contributed by atoms with Crippen LogP contribution in [0.4, 0.5) is 4.39 Å². The first-order valence-electron chi connectivity index (χ1n) is 1.86. The van der Waals surface area contributed by atoms with Crippen molar-refractivity contribution in [1.82, 2.24) is 4.98 Å². The normalized spacial score (nSPS) is 9.43. The van der Waals surface area contributed by atoms with E-state index in [1.165, 1.54) is 6.92 Å². The maximum absolute atomic E-state index is 11.9. The second-order valence-electron chi connectivity index (χ2n) is 1.20. The largest absolute Gasteiger partial charge is 0.446 e. The van der Waals surface area contributed by atoms with E-state index in [9.17, 15) is 4.39 Å². The summed E-state index contributed by atoms with van der Waals surface area (Å²) in [7, 11) is 0. The summed E-state index contributed by atoms with van der Waals surface area (Å²) in [6.45, 7) is 1.52. The van der Waals surface area contributed by atoms with Crippen LogP contribution in [-0.4, -0.2) is 4.98 Å². The molecule has 1 aromatic heterocycles. The number of halogens is 1. The Labute approximate surface area is 40.0 Å². The predicted molar refractivity (Wildman–Crippen MR) is 21.2 cm³/mol. The molecule has 3 heteroatoms. The van der Waals surface area contributed by atoms with Gasteiger partial charge in [-0.3, -0.25) is 0 Å². The minimum Gasteiger partial charge on any atom is -0.446 e. The zero-order chi connectivity index (χ0) is 5.28. The standard InChI is InChI=1S/C4H4FNO/c1-3-4(5)6-2-7-3/h2H,1H3. The van der Waals surface area contributed by atoms with Gasteiger partial charge in [0.05, 0.1) is 0 Å². The van der Waals surface area contributed by atoms with Gasteiger partial charge in [-0.05, 0) is 6.92 Å². The summed E-state index contributed by atoms with van der Waals surface area (Å²) < 4.78 is 16.4. The van der Waals surface area contributed by atoms with Gasteiger partial charge in [-0.15, -0.1) is 0 Å². The summed E-state index contributed by atoms with van der Waals surface area (Å²) >= 11 is 0. The Hall–Kier alpha value is -0.860. The molecule has 1 rings (SSSR count). The molecule has 0 bridgehead atoms. The van der Waals surface area contributed by atoms with Gasteiger partial charge in [0, 0.05) is 0 Å². The van der Waals surface area contributed by atoms with Gasteiger partial charge in [0.1, 0.15) is 0 Å². The number of rotatable bonds is 0. The van der Waals surface area contributed by atoms with Gasteiger partial charge in [-0.1, -0.05) is 0 Å². The summed E-state index contributed by atoms with van der Waals surface area (Å²) in [5.41, 5.74) is 0. The zero-order valence-corrected chi connectivity index (χ0v) is 3.81. The summed E-state index contributed by atoms with van der Waals surface area (Å²) in [6, 6.07) is 0. The van der Waals surface area contributed by atoms with Crippen LogP contribution in [0.2, 0.25) is 0 Å². The smallest absolute Gasteiger partial charge is 0.254 e. The number of aromatic nitrogens is 1. The topological polar surface area (TPSA) is 26.0 Å². The molecule has 0 aliphatic rings. The molecule has 7 heavy (non-hydrogen) atoms. The van der Waals surface area contributed by atoms with Crippen LogP contribution in [0.15, 0.2) is 10.8 Å². The molecule has 2 nitrogen and oxygen atoms in total. The summed E-state index contributed by atoms with van der Waals surface area (Å²) in [5.74, 6) is -0.292. The number of aryl methyl sites for hydroxylation is 1. The molecule has 0 spiro atoms. The first-order chi connectivity index (χ1) is 3.30. The van der Waals surface area contributed by atoms with Crippen molar-refractivity contribution in [3.8, 4) is 0 Å². The third-order valence-corrected chi connectivity index (χ3v) is 0.686. The first-order valence-corrected chi connectivity index (χ1v) is 1.86. The van der Waals surface area contributed by atoms with Crippen LogP contribution in [0.3, 0.4) is 0 Å². The number of oxazole rings is 1. The maximum Gasteiger partial charge on any atom is 0.254 e. The van der Waals surface area contributed by atoms with Crippen molar-refractivity contribution in [1.29, 1.82) is 0 Å². The SMILES string of the molecule is Cc1ocnc1F. The third-order valence-electron chi connectivity index (χ3n) is 0.686. The molecule has 0 aliphatic carbocycles. The maximum atomic E-state index is 11.9. The van der Waals surface area contributed by atoms with E-state index in [1.54, 1.807) is 0 Å². The van der Waals surface area contributed by atoms with Crippen LogP contribution < -0.4 is 0 Å². The lowest BCUT2D eigenvalue weighted by molar-refractivity contribution is 0.497. The van der Waals surface area contributed by atoms with E-state index in [1.807, 2.05) is 0 Å². The summed E-state index contributed by atoms with van der Waals surface area (Å²) in [4.78, 5) is 3.18. The quantitative estimate of drug-likeness (QED) is 0.489. The van der Waals surface area contributed by atoms with Gasteiger partial charge in [0.15, 0.2) is 12.2 Å².